The monoisotopic (exact) mass is 501 g/mol. The van der Waals surface area contributed by atoms with E-state index in [0.29, 0.717) is 36.1 Å². The van der Waals surface area contributed by atoms with Gasteiger partial charge in [-0.25, -0.2) is 13.2 Å². The van der Waals surface area contributed by atoms with Gasteiger partial charge in [-0.15, -0.1) is 0 Å². The number of rotatable bonds is 3. The molecule has 1 aliphatic carbocycles. The van der Waals surface area contributed by atoms with Crippen molar-refractivity contribution in [2.24, 2.45) is 0 Å². The molecular weight excluding hydrogens is 479 g/mol. The molecule has 1 atom stereocenters. The van der Waals surface area contributed by atoms with E-state index in [-0.39, 0.29) is 16.1 Å². The van der Waals surface area contributed by atoms with Crippen LogP contribution in [0.3, 0.4) is 0 Å². The number of carbonyl (C=O) groups excluding carboxylic acids is 1. The lowest BCUT2D eigenvalue weighted by molar-refractivity contribution is -0.137. The molecule has 2 aromatic rings. The van der Waals surface area contributed by atoms with Crippen LogP contribution in [0.4, 0.5) is 23.7 Å². The maximum Gasteiger partial charge on any atom is 0.416 e. The lowest BCUT2D eigenvalue weighted by Crippen LogP contribution is -2.48. The molecule has 0 fully saturated rings. The molecule has 0 saturated carbocycles. The van der Waals surface area contributed by atoms with Gasteiger partial charge >= 0.3 is 12.2 Å². The summed E-state index contributed by atoms with van der Waals surface area (Å²) < 4.78 is 65.3. The Hall–Kier alpha value is -3.58. The van der Waals surface area contributed by atoms with Crippen LogP contribution < -0.4 is 10.2 Å². The third-order valence-electron chi connectivity index (χ3n) is 6.18. The van der Waals surface area contributed by atoms with E-state index < -0.39 is 33.6 Å². The highest BCUT2D eigenvalue weighted by atomic mass is 32.2. The highest BCUT2D eigenvalue weighted by molar-refractivity contribution is 7.90. The number of sulfone groups is 1. The highest BCUT2D eigenvalue weighted by Gasteiger charge is 2.40. The fourth-order valence-electron chi connectivity index (χ4n) is 4.66. The molecule has 35 heavy (non-hydrogen) atoms. The van der Waals surface area contributed by atoms with Gasteiger partial charge in [0, 0.05) is 17.5 Å². The standard InChI is InChI=1S/C25H22F3N3O3S/c1-3-16-6-4-9-20-22(16)23(19-11-10-15(14-29)12-21(19)35(2,33)34)30-24(32)31(20)18-8-5-7-17(13-18)25(26,27)28/h3,5,7-8,10-13,23H,4,6,9H2,1-2H3,(H,30,32)/t23-/m1/s1. The molecule has 2 aliphatic rings. The minimum atomic E-state index is -4.57. The van der Waals surface area contributed by atoms with Crippen molar-refractivity contribution in [2.75, 3.05) is 11.2 Å². The number of nitrogens with one attached hydrogen (secondary N) is 1. The average molecular weight is 502 g/mol. The minimum Gasteiger partial charge on any atom is -0.326 e. The molecule has 0 radical (unpaired) electrons. The summed E-state index contributed by atoms with van der Waals surface area (Å²) in [5, 5.41) is 12.1. The predicted octanol–water partition coefficient (Wildman–Crippen LogP) is 5.64. The molecule has 0 aromatic heterocycles. The van der Waals surface area contributed by atoms with Crippen LogP contribution in [0.25, 0.3) is 0 Å². The average Bonchev–Trinajstić information content (AvgIpc) is 2.81. The molecule has 4 rings (SSSR count). The van der Waals surface area contributed by atoms with E-state index in [0.717, 1.165) is 24.0 Å². The molecular formula is C25H22F3N3O3S. The van der Waals surface area contributed by atoms with E-state index in [4.69, 9.17) is 0 Å². The zero-order valence-electron chi connectivity index (χ0n) is 19.0. The molecule has 10 heteroatoms. The van der Waals surface area contributed by atoms with Gasteiger partial charge in [-0.3, -0.25) is 4.90 Å². The second-order valence-corrected chi connectivity index (χ2v) is 10.4. The van der Waals surface area contributed by atoms with Crippen LogP contribution >= 0.6 is 0 Å². The van der Waals surface area contributed by atoms with Crippen molar-refractivity contribution in [3.63, 3.8) is 0 Å². The maximum atomic E-state index is 13.4. The largest absolute Gasteiger partial charge is 0.416 e. The fourth-order valence-corrected chi connectivity index (χ4v) is 5.61. The first-order chi connectivity index (χ1) is 16.5. The van der Waals surface area contributed by atoms with E-state index in [2.05, 4.69) is 5.32 Å². The number of alkyl halides is 3. The summed E-state index contributed by atoms with van der Waals surface area (Å²) >= 11 is 0. The van der Waals surface area contributed by atoms with Crippen LogP contribution in [-0.2, 0) is 16.0 Å². The van der Waals surface area contributed by atoms with Crippen molar-refractivity contribution in [2.45, 2.75) is 43.3 Å². The van der Waals surface area contributed by atoms with Crippen molar-refractivity contribution >= 4 is 21.6 Å². The molecule has 0 unspecified atom stereocenters. The third kappa shape index (κ3) is 4.56. The number of hydrogen-bond donors (Lipinski definition) is 1. The van der Waals surface area contributed by atoms with Crippen LogP contribution in [0.15, 0.2) is 70.3 Å². The Kier molecular flexibility index (Phi) is 6.23. The smallest absolute Gasteiger partial charge is 0.326 e. The molecule has 1 heterocycles. The van der Waals surface area contributed by atoms with Crippen LogP contribution in [0.5, 0.6) is 0 Å². The van der Waals surface area contributed by atoms with Gasteiger partial charge in [0.2, 0.25) is 0 Å². The van der Waals surface area contributed by atoms with Gasteiger partial charge < -0.3 is 5.32 Å². The van der Waals surface area contributed by atoms with E-state index in [1.54, 1.807) is 0 Å². The van der Waals surface area contributed by atoms with Crippen molar-refractivity contribution < 1.29 is 26.4 Å². The van der Waals surface area contributed by atoms with Crippen molar-refractivity contribution in [3.05, 3.63) is 82.1 Å². The number of nitriles is 1. The first kappa shape index (κ1) is 24.5. The summed E-state index contributed by atoms with van der Waals surface area (Å²) in [4.78, 5) is 14.5. The van der Waals surface area contributed by atoms with E-state index in [1.807, 2.05) is 19.1 Å². The maximum absolute atomic E-state index is 13.4. The van der Waals surface area contributed by atoms with Gasteiger partial charge in [0.15, 0.2) is 9.84 Å². The molecule has 0 spiro atoms. The molecule has 182 valence electrons. The molecule has 0 saturated heterocycles. The minimum absolute atomic E-state index is 0.0730. The van der Waals surface area contributed by atoms with Crippen LogP contribution in [0.2, 0.25) is 0 Å². The van der Waals surface area contributed by atoms with Gasteiger partial charge in [-0.2, -0.15) is 18.4 Å². The molecule has 6 nitrogen and oxygen atoms in total. The Balaban J connectivity index is 1.95. The number of amides is 2. The Morgan fingerprint density at radius 1 is 1.17 bits per heavy atom. The van der Waals surface area contributed by atoms with Crippen LogP contribution in [0.1, 0.15) is 48.9 Å². The highest BCUT2D eigenvalue weighted by Crippen LogP contribution is 2.45. The number of halogens is 3. The van der Waals surface area contributed by atoms with E-state index >= 15 is 0 Å². The van der Waals surface area contributed by atoms with Gasteiger partial charge in [0.05, 0.1) is 33.8 Å². The summed E-state index contributed by atoms with van der Waals surface area (Å²) in [5.74, 6) is 0. The van der Waals surface area contributed by atoms with Crippen LogP contribution in [-0.4, -0.2) is 20.7 Å². The number of urea groups is 1. The van der Waals surface area contributed by atoms with Crippen molar-refractivity contribution in [3.8, 4) is 6.07 Å². The Labute approximate surface area is 201 Å². The number of benzene rings is 2. The normalized spacial score (nSPS) is 19.9. The number of carbonyl (C=O) groups is 1. The molecule has 1 N–H and O–H groups in total. The zero-order chi connectivity index (χ0) is 25.5. The summed E-state index contributed by atoms with van der Waals surface area (Å²) in [6, 6.07) is 9.24. The first-order valence-corrected chi connectivity index (χ1v) is 12.8. The summed E-state index contributed by atoms with van der Waals surface area (Å²) in [6.45, 7) is 1.82. The lowest BCUT2D eigenvalue weighted by Gasteiger charge is -2.41. The Morgan fingerprint density at radius 2 is 1.91 bits per heavy atom. The second kappa shape index (κ2) is 8.89. The zero-order valence-corrected chi connectivity index (χ0v) is 19.8. The van der Waals surface area contributed by atoms with Gasteiger partial charge in [-0.05, 0) is 67.7 Å². The lowest BCUT2D eigenvalue weighted by atomic mass is 9.81. The third-order valence-corrected chi connectivity index (χ3v) is 7.33. The van der Waals surface area contributed by atoms with E-state index in [9.17, 15) is 31.6 Å². The van der Waals surface area contributed by atoms with Crippen molar-refractivity contribution in [1.82, 2.24) is 5.32 Å². The van der Waals surface area contributed by atoms with Crippen molar-refractivity contribution in [1.29, 1.82) is 5.26 Å². The fraction of sp³-hybridized carbons (Fsp3) is 0.280. The first-order valence-electron chi connectivity index (χ1n) is 10.9. The summed E-state index contributed by atoms with van der Waals surface area (Å²) in [6.07, 6.45) is 0.0997. The van der Waals surface area contributed by atoms with Gasteiger partial charge in [-0.1, -0.05) is 18.2 Å². The Bertz CT molecular complexity index is 1420. The number of nitrogens with zero attached hydrogens (tertiary/aromatic N) is 2. The molecule has 2 amide bonds. The predicted molar refractivity (Wildman–Crippen MR) is 124 cm³/mol. The summed E-state index contributed by atoms with van der Waals surface area (Å²) in [5.41, 5.74) is 1.72. The topological polar surface area (TPSA) is 90.3 Å². The van der Waals surface area contributed by atoms with Gasteiger partial charge in [0.1, 0.15) is 0 Å². The second-order valence-electron chi connectivity index (χ2n) is 8.43. The Morgan fingerprint density at radius 3 is 2.54 bits per heavy atom. The number of anilines is 1. The SMILES string of the molecule is CC=C1CCCC2=C1[C@@H](c1ccc(C#N)cc1S(C)(=O)=O)NC(=O)N2c1cccc(C(F)(F)F)c1. The van der Waals surface area contributed by atoms with Gasteiger partial charge in [0.25, 0.3) is 0 Å². The molecule has 1 aliphatic heterocycles. The summed E-state index contributed by atoms with van der Waals surface area (Å²) in [7, 11) is -3.77. The molecule has 0 bridgehead atoms. The number of allylic oxidation sites excluding steroid dienone is 2. The quantitative estimate of drug-likeness (QED) is 0.590. The van der Waals surface area contributed by atoms with Crippen LogP contribution in [0, 0.1) is 11.3 Å². The van der Waals surface area contributed by atoms with E-state index in [1.165, 1.54) is 35.2 Å². The number of hydrogen-bond acceptors (Lipinski definition) is 4. The molecule has 2 aromatic carbocycles.